The SMILES string of the molecule is CC.Cc1ccc2ncnc(Cl)c2n1. The van der Waals surface area contributed by atoms with Crippen LogP contribution in [0.25, 0.3) is 11.0 Å². The van der Waals surface area contributed by atoms with Crippen LogP contribution in [0.15, 0.2) is 18.5 Å². The maximum Gasteiger partial charge on any atom is 0.158 e. The van der Waals surface area contributed by atoms with Gasteiger partial charge in [0.1, 0.15) is 11.8 Å². The summed E-state index contributed by atoms with van der Waals surface area (Å²) in [4.78, 5) is 12.1. The van der Waals surface area contributed by atoms with Crippen LogP contribution in [0.2, 0.25) is 5.15 Å². The van der Waals surface area contributed by atoms with Crippen molar-refractivity contribution < 1.29 is 0 Å². The molecule has 0 bridgehead atoms. The standard InChI is InChI=1S/C8H6ClN3.C2H6/c1-5-2-3-6-7(12-5)8(9)11-4-10-6;1-2/h2-4H,1H3;1-2H3. The Morgan fingerprint density at radius 3 is 2.57 bits per heavy atom. The number of pyridine rings is 1. The first-order valence-electron chi connectivity index (χ1n) is 4.51. The van der Waals surface area contributed by atoms with Crippen molar-refractivity contribution in [3.05, 3.63) is 29.3 Å². The van der Waals surface area contributed by atoms with E-state index in [1.165, 1.54) is 6.33 Å². The number of hydrogen-bond acceptors (Lipinski definition) is 3. The van der Waals surface area contributed by atoms with Gasteiger partial charge in [0.25, 0.3) is 0 Å². The average molecular weight is 210 g/mol. The van der Waals surface area contributed by atoms with Gasteiger partial charge >= 0.3 is 0 Å². The summed E-state index contributed by atoms with van der Waals surface area (Å²) in [5, 5.41) is 0.406. The van der Waals surface area contributed by atoms with Crippen molar-refractivity contribution in [2.75, 3.05) is 0 Å². The van der Waals surface area contributed by atoms with Crippen LogP contribution in [0.4, 0.5) is 0 Å². The van der Waals surface area contributed by atoms with Crippen molar-refractivity contribution in [3.8, 4) is 0 Å². The highest BCUT2D eigenvalue weighted by Gasteiger charge is 2.01. The summed E-state index contributed by atoms with van der Waals surface area (Å²) in [5.41, 5.74) is 2.36. The number of halogens is 1. The summed E-state index contributed by atoms with van der Waals surface area (Å²) in [6, 6.07) is 3.77. The van der Waals surface area contributed by atoms with E-state index in [4.69, 9.17) is 11.6 Å². The number of nitrogens with zero attached hydrogens (tertiary/aromatic N) is 3. The largest absolute Gasteiger partial charge is 0.248 e. The molecule has 0 aliphatic carbocycles. The number of aromatic nitrogens is 3. The van der Waals surface area contributed by atoms with Crippen LogP contribution < -0.4 is 0 Å². The van der Waals surface area contributed by atoms with Crippen LogP contribution in [-0.4, -0.2) is 15.0 Å². The number of rotatable bonds is 0. The third-order valence-corrected chi connectivity index (χ3v) is 1.85. The van der Waals surface area contributed by atoms with Gasteiger partial charge < -0.3 is 0 Å². The lowest BCUT2D eigenvalue weighted by Gasteiger charge is -1.97. The van der Waals surface area contributed by atoms with Crippen molar-refractivity contribution in [3.63, 3.8) is 0 Å². The molecule has 0 radical (unpaired) electrons. The second-order valence-electron chi connectivity index (χ2n) is 2.48. The molecule has 0 saturated heterocycles. The Hall–Kier alpha value is -1.22. The lowest BCUT2D eigenvalue weighted by atomic mass is 10.3. The summed E-state index contributed by atoms with van der Waals surface area (Å²) in [6.07, 6.45) is 1.43. The normalized spacial score (nSPS) is 9.43. The van der Waals surface area contributed by atoms with E-state index >= 15 is 0 Å². The van der Waals surface area contributed by atoms with Gasteiger partial charge in [0.15, 0.2) is 5.15 Å². The topological polar surface area (TPSA) is 38.7 Å². The molecule has 0 amide bonds. The highest BCUT2D eigenvalue weighted by atomic mass is 35.5. The molecule has 0 spiro atoms. The van der Waals surface area contributed by atoms with Gasteiger partial charge in [-0.1, -0.05) is 25.4 Å². The van der Waals surface area contributed by atoms with E-state index in [-0.39, 0.29) is 0 Å². The van der Waals surface area contributed by atoms with Gasteiger partial charge in [-0.3, -0.25) is 0 Å². The molecule has 0 saturated carbocycles. The minimum Gasteiger partial charge on any atom is -0.248 e. The van der Waals surface area contributed by atoms with Crippen molar-refractivity contribution in [1.82, 2.24) is 15.0 Å². The van der Waals surface area contributed by atoms with Crippen molar-refractivity contribution in [2.24, 2.45) is 0 Å². The number of hydrogen-bond donors (Lipinski definition) is 0. The smallest absolute Gasteiger partial charge is 0.158 e. The third-order valence-electron chi connectivity index (χ3n) is 1.58. The zero-order chi connectivity index (χ0) is 10.6. The van der Waals surface area contributed by atoms with Gasteiger partial charge in [-0.25, -0.2) is 15.0 Å². The highest BCUT2D eigenvalue weighted by Crippen LogP contribution is 2.16. The molecule has 14 heavy (non-hydrogen) atoms. The minimum atomic E-state index is 0.406. The summed E-state index contributed by atoms with van der Waals surface area (Å²) in [5.74, 6) is 0. The predicted octanol–water partition coefficient (Wildman–Crippen LogP) is 3.01. The fraction of sp³-hybridized carbons (Fsp3) is 0.300. The Bertz CT molecular complexity index is 429. The quantitative estimate of drug-likeness (QED) is 0.626. The molecule has 0 N–H and O–H groups in total. The summed E-state index contributed by atoms with van der Waals surface area (Å²) in [6.45, 7) is 5.91. The second-order valence-corrected chi connectivity index (χ2v) is 2.84. The molecule has 0 atom stereocenters. The molecule has 0 aliphatic heterocycles. The molecule has 0 unspecified atom stereocenters. The van der Waals surface area contributed by atoms with Crippen molar-refractivity contribution in [1.29, 1.82) is 0 Å². The van der Waals surface area contributed by atoms with E-state index < -0.39 is 0 Å². The van der Waals surface area contributed by atoms with Gasteiger partial charge in [-0.05, 0) is 19.1 Å². The van der Waals surface area contributed by atoms with Crippen LogP contribution in [0.1, 0.15) is 19.5 Å². The van der Waals surface area contributed by atoms with Gasteiger partial charge in [-0.2, -0.15) is 0 Å². The van der Waals surface area contributed by atoms with E-state index in [0.717, 1.165) is 11.2 Å². The number of aryl methyl sites for hydroxylation is 1. The Morgan fingerprint density at radius 2 is 1.86 bits per heavy atom. The highest BCUT2D eigenvalue weighted by molar-refractivity contribution is 6.33. The minimum absolute atomic E-state index is 0.406. The first kappa shape index (κ1) is 10.9. The monoisotopic (exact) mass is 209 g/mol. The first-order valence-corrected chi connectivity index (χ1v) is 4.89. The maximum atomic E-state index is 5.82. The maximum absolute atomic E-state index is 5.82. The van der Waals surface area contributed by atoms with Crippen molar-refractivity contribution >= 4 is 22.6 Å². The van der Waals surface area contributed by atoms with Gasteiger partial charge in [0, 0.05) is 5.69 Å². The predicted molar refractivity (Wildman–Crippen MR) is 58.4 cm³/mol. The van der Waals surface area contributed by atoms with Crippen LogP contribution in [0, 0.1) is 6.92 Å². The molecule has 0 aliphatic rings. The Morgan fingerprint density at radius 1 is 1.14 bits per heavy atom. The van der Waals surface area contributed by atoms with Crippen molar-refractivity contribution in [2.45, 2.75) is 20.8 Å². The molecule has 3 nitrogen and oxygen atoms in total. The van der Waals surface area contributed by atoms with E-state index in [2.05, 4.69) is 15.0 Å². The molecule has 2 aromatic rings. The molecule has 0 aromatic carbocycles. The van der Waals surface area contributed by atoms with Gasteiger partial charge in [0.05, 0.1) is 5.52 Å². The van der Waals surface area contributed by atoms with Crippen LogP contribution in [0.5, 0.6) is 0 Å². The molecule has 0 fully saturated rings. The molecular formula is C10H12ClN3. The summed E-state index contributed by atoms with van der Waals surface area (Å²) in [7, 11) is 0. The van der Waals surface area contributed by atoms with Gasteiger partial charge in [0.2, 0.25) is 0 Å². The van der Waals surface area contributed by atoms with E-state index in [1.807, 2.05) is 32.9 Å². The molecule has 74 valence electrons. The molecular weight excluding hydrogens is 198 g/mol. The molecule has 2 aromatic heterocycles. The van der Waals surface area contributed by atoms with Gasteiger partial charge in [-0.15, -0.1) is 0 Å². The zero-order valence-electron chi connectivity index (χ0n) is 8.45. The Balaban J connectivity index is 0.000000461. The molecule has 4 heteroatoms. The van der Waals surface area contributed by atoms with Crippen LogP contribution in [0.3, 0.4) is 0 Å². The lowest BCUT2D eigenvalue weighted by Crippen LogP contribution is -1.88. The van der Waals surface area contributed by atoms with E-state index in [9.17, 15) is 0 Å². The summed E-state index contributed by atoms with van der Waals surface area (Å²) < 4.78 is 0. The fourth-order valence-corrected chi connectivity index (χ4v) is 1.19. The van der Waals surface area contributed by atoms with E-state index in [0.29, 0.717) is 10.7 Å². The molecule has 2 rings (SSSR count). The molecule has 2 heterocycles. The zero-order valence-corrected chi connectivity index (χ0v) is 9.21. The third kappa shape index (κ3) is 2.17. The Labute approximate surface area is 88.2 Å². The average Bonchev–Trinajstić information content (AvgIpc) is 2.22. The van der Waals surface area contributed by atoms with Crippen LogP contribution in [-0.2, 0) is 0 Å². The second kappa shape index (κ2) is 4.86. The first-order chi connectivity index (χ1) is 6.77. The van der Waals surface area contributed by atoms with Crippen LogP contribution >= 0.6 is 11.6 Å². The lowest BCUT2D eigenvalue weighted by molar-refractivity contribution is 1.17. The Kier molecular flexibility index (Phi) is 3.77. The summed E-state index contributed by atoms with van der Waals surface area (Å²) >= 11 is 5.82. The fourth-order valence-electron chi connectivity index (χ4n) is 1.01. The number of fused-ring (bicyclic) bond motifs is 1. The van der Waals surface area contributed by atoms with E-state index in [1.54, 1.807) is 0 Å².